The van der Waals surface area contributed by atoms with Crippen LogP contribution in [0.3, 0.4) is 0 Å². The molecule has 1 N–H and O–H groups in total. The molecule has 0 fully saturated rings. The third-order valence-corrected chi connectivity index (χ3v) is 4.27. The average Bonchev–Trinajstić information content (AvgIpc) is 2.82. The maximum absolute atomic E-state index is 6.26. The Morgan fingerprint density at radius 3 is 2.70 bits per heavy atom. The van der Waals surface area contributed by atoms with Gasteiger partial charge in [-0.15, -0.1) is 0 Å². The predicted molar refractivity (Wildman–Crippen MR) is 84.3 cm³/mol. The van der Waals surface area contributed by atoms with Crippen molar-refractivity contribution >= 4 is 28.9 Å². The second kappa shape index (κ2) is 5.19. The average molecular weight is 308 g/mol. The Bertz CT molecular complexity index is 670. The van der Waals surface area contributed by atoms with Crippen LogP contribution in [0.25, 0.3) is 0 Å². The third kappa shape index (κ3) is 2.34. The van der Waals surface area contributed by atoms with E-state index in [1.807, 2.05) is 19.1 Å². The first-order valence-electron chi connectivity index (χ1n) is 6.47. The van der Waals surface area contributed by atoms with Gasteiger partial charge in [-0.3, -0.25) is 0 Å². The molecule has 2 aromatic rings. The fourth-order valence-corrected chi connectivity index (χ4v) is 3.27. The molecule has 1 atom stereocenters. The Labute approximate surface area is 128 Å². The highest BCUT2D eigenvalue weighted by atomic mass is 35.5. The molecular formula is C16H15Cl2NO. The van der Waals surface area contributed by atoms with Crippen LogP contribution < -0.4 is 10.1 Å². The highest BCUT2D eigenvalue weighted by Gasteiger charge is 2.25. The van der Waals surface area contributed by atoms with Gasteiger partial charge in [0.1, 0.15) is 5.75 Å². The summed E-state index contributed by atoms with van der Waals surface area (Å²) in [5.74, 6) is 0.908. The van der Waals surface area contributed by atoms with E-state index in [0.717, 1.165) is 34.0 Å². The van der Waals surface area contributed by atoms with E-state index in [2.05, 4.69) is 17.4 Å². The number of aryl methyl sites for hydroxylation is 1. The van der Waals surface area contributed by atoms with Gasteiger partial charge in [0.15, 0.2) is 0 Å². The van der Waals surface area contributed by atoms with Crippen molar-refractivity contribution in [3.05, 3.63) is 57.1 Å². The molecule has 1 aliphatic rings. The summed E-state index contributed by atoms with van der Waals surface area (Å²) in [7, 11) is 1.69. The predicted octanol–water partition coefficient (Wildman–Crippen LogP) is 5.02. The van der Waals surface area contributed by atoms with Crippen molar-refractivity contribution in [3.8, 4) is 5.75 Å². The lowest BCUT2D eigenvalue weighted by Crippen LogP contribution is -2.06. The van der Waals surface area contributed by atoms with Gasteiger partial charge in [0, 0.05) is 22.2 Å². The van der Waals surface area contributed by atoms with Gasteiger partial charge in [-0.1, -0.05) is 35.3 Å². The Balaban J connectivity index is 1.92. The van der Waals surface area contributed by atoms with Crippen LogP contribution in [0.4, 0.5) is 5.69 Å². The number of hydrogen-bond donors (Lipinski definition) is 1. The number of benzene rings is 2. The molecule has 0 aromatic heterocycles. The Kier molecular flexibility index (Phi) is 3.53. The fourth-order valence-electron chi connectivity index (χ4n) is 2.70. The van der Waals surface area contributed by atoms with E-state index in [-0.39, 0.29) is 6.04 Å². The second-order valence-electron chi connectivity index (χ2n) is 5.04. The number of rotatable bonds is 2. The van der Waals surface area contributed by atoms with Gasteiger partial charge in [0.05, 0.1) is 13.2 Å². The van der Waals surface area contributed by atoms with Crippen molar-refractivity contribution in [1.29, 1.82) is 0 Å². The molecule has 0 saturated carbocycles. The molecule has 1 unspecified atom stereocenters. The largest absolute Gasteiger partial charge is 0.496 e. The molecule has 0 amide bonds. The molecular weight excluding hydrogens is 293 g/mol. The summed E-state index contributed by atoms with van der Waals surface area (Å²) in [4.78, 5) is 0. The molecule has 1 aliphatic heterocycles. The monoisotopic (exact) mass is 307 g/mol. The number of ether oxygens (including phenoxy) is 1. The van der Waals surface area contributed by atoms with Crippen molar-refractivity contribution < 1.29 is 4.74 Å². The summed E-state index contributed by atoms with van der Waals surface area (Å²) in [6, 6.07) is 10.2. The highest BCUT2D eigenvalue weighted by Crippen LogP contribution is 2.40. The number of halogens is 2. The maximum Gasteiger partial charge on any atom is 0.121 e. The van der Waals surface area contributed by atoms with Crippen LogP contribution in [-0.4, -0.2) is 7.11 Å². The first-order valence-corrected chi connectivity index (χ1v) is 7.23. The van der Waals surface area contributed by atoms with E-state index in [0.29, 0.717) is 5.02 Å². The first-order chi connectivity index (χ1) is 9.58. The highest BCUT2D eigenvalue weighted by molar-refractivity contribution is 6.35. The molecule has 0 aliphatic carbocycles. The summed E-state index contributed by atoms with van der Waals surface area (Å²) >= 11 is 12.3. The molecule has 104 valence electrons. The SMILES string of the molecule is COc1ccc(C2Cc3c(Cl)cc(Cl)cc3N2)cc1C. The summed E-state index contributed by atoms with van der Waals surface area (Å²) in [6.07, 6.45) is 0.872. The molecule has 2 aromatic carbocycles. The van der Waals surface area contributed by atoms with Gasteiger partial charge in [0.2, 0.25) is 0 Å². The molecule has 0 bridgehead atoms. The Hall–Kier alpha value is -1.38. The molecule has 20 heavy (non-hydrogen) atoms. The van der Waals surface area contributed by atoms with Gasteiger partial charge in [-0.25, -0.2) is 0 Å². The van der Waals surface area contributed by atoms with Crippen molar-refractivity contribution in [2.75, 3.05) is 12.4 Å². The van der Waals surface area contributed by atoms with E-state index in [1.165, 1.54) is 5.56 Å². The minimum absolute atomic E-state index is 0.227. The van der Waals surface area contributed by atoms with Crippen LogP contribution in [-0.2, 0) is 6.42 Å². The van der Waals surface area contributed by atoms with Crippen LogP contribution in [0.15, 0.2) is 30.3 Å². The maximum atomic E-state index is 6.26. The molecule has 0 spiro atoms. The van der Waals surface area contributed by atoms with E-state index >= 15 is 0 Å². The van der Waals surface area contributed by atoms with Crippen LogP contribution in [0.5, 0.6) is 5.75 Å². The zero-order valence-corrected chi connectivity index (χ0v) is 12.8. The van der Waals surface area contributed by atoms with E-state index in [4.69, 9.17) is 27.9 Å². The number of hydrogen-bond acceptors (Lipinski definition) is 2. The van der Waals surface area contributed by atoms with Crippen molar-refractivity contribution in [1.82, 2.24) is 0 Å². The van der Waals surface area contributed by atoms with E-state index < -0.39 is 0 Å². The normalized spacial score (nSPS) is 16.7. The molecule has 0 saturated heterocycles. The second-order valence-corrected chi connectivity index (χ2v) is 5.89. The van der Waals surface area contributed by atoms with Gasteiger partial charge >= 0.3 is 0 Å². The molecule has 3 rings (SSSR count). The minimum atomic E-state index is 0.227. The Morgan fingerprint density at radius 2 is 2.00 bits per heavy atom. The lowest BCUT2D eigenvalue weighted by Gasteiger charge is -2.14. The first kappa shape index (κ1) is 13.6. The van der Waals surface area contributed by atoms with Crippen LogP contribution in [0.2, 0.25) is 10.0 Å². The van der Waals surface area contributed by atoms with Crippen LogP contribution in [0, 0.1) is 6.92 Å². The van der Waals surface area contributed by atoms with Crippen LogP contribution >= 0.6 is 23.2 Å². The third-order valence-electron chi connectivity index (χ3n) is 3.72. The standard InChI is InChI=1S/C16H15Cl2NO/c1-9-5-10(3-4-16(9)20-2)14-8-12-13(18)6-11(17)7-15(12)19-14/h3-7,14,19H,8H2,1-2H3. The number of fused-ring (bicyclic) bond motifs is 1. The number of anilines is 1. The minimum Gasteiger partial charge on any atom is -0.496 e. The smallest absolute Gasteiger partial charge is 0.121 e. The summed E-state index contributed by atoms with van der Waals surface area (Å²) in [6.45, 7) is 2.05. The van der Waals surface area contributed by atoms with Crippen LogP contribution in [0.1, 0.15) is 22.7 Å². The van der Waals surface area contributed by atoms with Crippen molar-refractivity contribution in [2.45, 2.75) is 19.4 Å². The van der Waals surface area contributed by atoms with Gasteiger partial charge in [-0.2, -0.15) is 0 Å². The fraction of sp³-hybridized carbons (Fsp3) is 0.250. The number of methoxy groups -OCH3 is 1. The lowest BCUT2D eigenvalue weighted by molar-refractivity contribution is 0.411. The van der Waals surface area contributed by atoms with Crippen molar-refractivity contribution in [2.24, 2.45) is 0 Å². The number of nitrogens with one attached hydrogen (secondary N) is 1. The lowest BCUT2D eigenvalue weighted by atomic mass is 10.0. The van der Waals surface area contributed by atoms with Gasteiger partial charge in [0.25, 0.3) is 0 Å². The molecule has 0 radical (unpaired) electrons. The van der Waals surface area contributed by atoms with E-state index in [1.54, 1.807) is 13.2 Å². The summed E-state index contributed by atoms with van der Waals surface area (Å²) in [5.41, 5.74) is 4.52. The quantitative estimate of drug-likeness (QED) is 0.841. The van der Waals surface area contributed by atoms with Crippen molar-refractivity contribution in [3.63, 3.8) is 0 Å². The molecule has 1 heterocycles. The zero-order valence-electron chi connectivity index (χ0n) is 11.3. The Morgan fingerprint density at radius 1 is 1.20 bits per heavy atom. The summed E-state index contributed by atoms with van der Waals surface area (Å²) in [5, 5.41) is 4.88. The topological polar surface area (TPSA) is 21.3 Å². The zero-order chi connectivity index (χ0) is 14.3. The molecule has 4 heteroatoms. The molecule has 2 nitrogen and oxygen atoms in total. The van der Waals surface area contributed by atoms with E-state index in [9.17, 15) is 0 Å². The van der Waals surface area contributed by atoms with Gasteiger partial charge in [-0.05, 0) is 41.8 Å². The van der Waals surface area contributed by atoms with Gasteiger partial charge < -0.3 is 10.1 Å². The summed E-state index contributed by atoms with van der Waals surface area (Å²) < 4.78 is 5.30.